The molecule has 4 heteroatoms. The molecule has 0 heterocycles. The molecule has 15 heavy (non-hydrogen) atoms. The predicted molar refractivity (Wildman–Crippen MR) is 61.3 cm³/mol. The second-order valence-electron chi connectivity index (χ2n) is 3.42. The van der Waals surface area contributed by atoms with Crippen LogP contribution in [0.5, 0.6) is 0 Å². The molecule has 0 aliphatic carbocycles. The van der Waals surface area contributed by atoms with E-state index in [1.165, 1.54) is 0 Å². The lowest BCUT2D eigenvalue weighted by molar-refractivity contribution is 0.0338. The molecule has 0 amide bonds. The SMILES string of the molecule is Cc1ccc(C(O)C(O)CBr)c(C=O)c1. The number of hydrogen-bond donors (Lipinski definition) is 2. The highest BCUT2D eigenvalue weighted by Gasteiger charge is 2.19. The van der Waals surface area contributed by atoms with E-state index in [0.29, 0.717) is 17.4 Å². The van der Waals surface area contributed by atoms with Crippen LogP contribution >= 0.6 is 15.9 Å². The third kappa shape index (κ3) is 2.87. The average molecular weight is 273 g/mol. The lowest BCUT2D eigenvalue weighted by Crippen LogP contribution is -2.20. The maximum Gasteiger partial charge on any atom is 0.150 e. The quantitative estimate of drug-likeness (QED) is 0.647. The molecule has 0 saturated carbocycles. The van der Waals surface area contributed by atoms with E-state index in [1.807, 2.05) is 6.92 Å². The van der Waals surface area contributed by atoms with E-state index in [9.17, 15) is 15.0 Å². The summed E-state index contributed by atoms with van der Waals surface area (Å²) in [5, 5.41) is 19.5. The van der Waals surface area contributed by atoms with Gasteiger partial charge in [-0.1, -0.05) is 33.6 Å². The van der Waals surface area contributed by atoms with Gasteiger partial charge >= 0.3 is 0 Å². The van der Waals surface area contributed by atoms with Crippen LogP contribution in [0.15, 0.2) is 18.2 Å². The molecular formula is C11H13BrO3. The molecule has 0 aliphatic rings. The predicted octanol–water partition coefficient (Wildman–Crippen LogP) is 1.60. The monoisotopic (exact) mass is 272 g/mol. The number of aliphatic hydroxyl groups excluding tert-OH is 2. The number of hydrogen-bond acceptors (Lipinski definition) is 3. The molecule has 3 nitrogen and oxygen atoms in total. The van der Waals surface area contributed by atoms with Crippen molar-refractivity contribution >= 4 is 22.2 Å². The van der Waals surface area contributed by atoms with Gasteiger partial charge in [-0.25, -0.2) is 0 Å². The summed E-state index contributed by atoms with van der Waals surface area (Å²) in [7, 11) is 0. The topological polar surface area (TPSA) is 57.5 Å². The number of rotatable bonds is 4. The Kier molecular flexibility index (Phi) is 4.45. The minimum absolute atomic E-state index is 0.264. The fourth-order valence-electron chi connectivity index (χ4n) is 1.36. The van der Waals surface area contributed by atoms with Crippen LogP contribution in [0.4, 0.5) is 0 Å². The summed E-state index contributed by atoms with van der Waals surface area (Å²) in [5.74, 6) is 0. The highest BCUT2D eigenvalue weighted by molar-refractivity contribution is 9.09. The van der Waals surface area contributed by atoms with Gasteiger partial charge in [0.1, 0.15) is 12.4 Å². The van der Waals surface area contributed by atoms with Crippen LogP contribution in [0.25, 0.3) is 0 Å². The highest BCUT2D eigenvalue weighted by Crippen LogP contribution is 2.22. The van der Waals surface area contributed by atoms with E-state index in [2.05, 4.69) is 15.9 Å². The molecular weight excluding hydrogens is 260 g/mol. The first-order chi connectivity index (χ1) is 7.10. The Bertz CT molecular complexity index is 352. The third-order valence-electron chi connectivity index (χ3n) is 2.21. The van der Waals surface area contributed by atoms with Gasteiger partial charge in [-0.2, -0.15) is 0 Å². The van der Waals surface area contributed by atoms with Crippen LogP contribution in [-0.2, 0) is 0 Å². The maximum absolute atomic E-state index is 10.8. The van der Waals surface area contributed by atoms with Gasteiger partial charge in [0.2, 0.25) is 0 Å². The van der Waals surface area contributed by atoms with Gasteiger partial charge in [0, 0.05) is 10.9 Å². The zero-order valence-corrected chi connectivity index (χ0v) is 9.94. The van der Waals surface area contributed by atoms with Crippen molar-refractivity contribution < 1.29 is 15.0 Å². The van der Waals surface area contributed by atoms with Crippen LogP contribution in [0.3, 0.4) is 0 Å². The Morgan fingerprint density at radius 2 is 2.13 bits per heavy atom. The van der Waals surface area contributed by atoms with Crippen LogP contribution in [0.1, 0.15) is 27.6 Å². The lowest BCUT2D eigenvalue weighted by Gasteiger charge is -2.17. The van der Waals surface area contributed by atoms with Gasteiger partial charge in [-0.15, -0.1) is 0 Å². The van der Waals surface area contributed by atoms with Gasteiger partial charge in [-0.05, 0) is 18.6 Å². The summed E-state index contributed by atoms with van der Waals surface area (Å²) >= 11 is 3.08. The number of aryl methyl sites for hydroxylation is 1. The molecule has 0 aromatic heterocycles. The lowest BCUT2D eigenvalue weighted by atomic mass is 9.98. The molecule has 0 aliphatic heterocycles. The minimum atomic E-state index is -1.04. The summed E-state index contributed by atoms with van der Waals surface area (Å²) in [4.78, 5) is 10.8. The van der Waals surface area contributed by atoms with Crippen LogP contribution in [-0.4, -0.2) is 27.9 Å². The summed E-state index contributed by atoms with van der Waals surface area (Å²) in [5.41, 5.74) is 1.83. The van der Waals surface area contributed by atoms with Gasteiger partial charge in [-0.3, -0.25) is 4.79 Å². The molecule has 0 fully saturated rings. The summed E-state index contributed by atoms with van der Waals surface area (Å²) in [6, 6.07) is 5.15. The van der Waals surface area contributed by atoms with Crippen molar-refractivity contribution in [1.82, 2.24) is 0 Å². The molecule has 0 bridgehead atoms. The van der Waals surface area contributed by atoms with Gasteiger partial charge in [0.15, 0.2) is 0 Å². The Balaban J connectivity index is 3.07. The third-order valence-corrected chi connectivity index (χ3v) is 2.87. The van der Waals surface area contributed by atoms with Crippen LogP contribution in [0.2, 0.25) is 0 Å². The minimum Gasteiger partial charge on any atom is -0.389 e. The number of carbonyl (C=O) groups is 1. The molecule has 1 rings (SSSR count). The largest absolute Gasteiger partial charge is 0.389 e. The highest BCUT2D eigenvalue weighted by atomic mass is 79.9. The van der Waals surface area contributed by atoms with Crippen molar-refractivity contribution in [3.8, 4) is 0 Å². The fourth-order valence-corrected chi connectivity index (χ4v) is 1.71. The zero-order chi connectivity index (χ0) is 11.4. The van der Waals surface area contributed by atoms with E-state index in [-0.39, 0.29) is 5.33 Å². The summed E-state index contributed by atoms with van der Waals surface area (Å²) < 4.78 is 0. The van der Waals surface area contributed by atoms with Gasteiger partial charge in [0.25, 0.3) is 0 Å². The Morgan fingerprint density at radius 3 is 2.67 bits per heavy atom. The van der Waals surface area contributed by atoms with Gasteiger partial charge < -0.3 is 10.2 Å². The van der Waals surface area contributed by atoms with E-state index in [0.717, 1.165) is 5.56 Å². The number of benzene rings is 1. The normalized spacial score (nSPS) is 14.7. The van der Waals surface area contributed by atoms with Crippen molar-refractivity contribution in [2.45, 2.75) is 19.1 Å². The summed E-state index contributed by atoms with van der Waals surface area (Å²) in [6.07, 6.45) is -1.26. The molecule has 0 saturated heterocycles. The van der Waals surface area contributed by atoms with E-state index >= 15 is 0 Å². The zero-order valence-electron chi connectivity index (χ0n) is 8.35. The molecule has 1 aromatic rings. The van der Waals surface area contributed by atoms with Crippen molar-refractivity contribution in [2.75, 3.05) is 5.33 Å². The Labute approximate surface area is 96.9 Å². The first-order valence-corrected chi connectivity index (χ1v) is 5.70. The molecule has 0 radical (unpaired) electrons. The molecule has 82 valence electrons. The van der Waals surface area contributed by atoms with E-state index in [4.69, 9.17) is 0 Å². The van der Waals surface area contributed by atoms with E-state index in [1.54, 1.807) is 18.2 Å². The second-order valence-corrected chi connectivity index (χ2v) is 4.06. The Morgan fingerprint density at radius 1 is 1.47 bits per heavy atom. The molecule has 2 N–H and O–H groups in total. The van der Waals surface area contributed by atoms with Crippen molar-refractivity contribution in [3.05, 3.63) is 34.9 Å². The van der Waals surface area contributed by atoms with Crippen LogP contribution < -0.4 is 0 Å². The van der Waals surface area contributed by atoms with E-state index < -0.39 is 12.2 Å². The summed E-state index contributed by atoms with van der Waals surface area (Å²) in [6.45, 7) is 1.87. The smallest absolute Gasteiger partial charge is 0.150 e. The maximum atomic E-state index is 10.8. The standard InChI is InChI=1S/C11H13BrO3/c1-7-2-3-9(8(4-7)6-13)11(15)10(14)5-12/h2-4,6,10-11,14-15H,5H2,1H3. The first kappa shape index (κ1) is 12.4. The van der Waals surface area contributed by atoms with Crippen molar-refractivity contribution in [2.24, 2.45) is 0 Å². The Hall–Kier alpha value is -0.710. The number of aldehydes is 1. The number of alkyl halides is 1. The average Bonchev–Trinajstić information content (AvgIpc) is 2.26. The van der Waals surface area contributed by atoms with Crippen LogP contribution in [0, 0.1) is 6.92 Å². The number of carbonyl (C=O) groups excluding carboxylic acids is 1. The number of aliphatic hydroxyl groups is 2. The molecule has 2 atom stereocenters. The van der Waals surface area contributed by atoms with Crippen molar-refractivity contribution in [1.29, 1.82) is 0 Å². The molecule has 2 unspecified atom stereocenters. The first-order valence-electron chi connectivity index (χ1n) is 4.58. The number of halogens is 1. The second kappa shape index (κ2) is 5.39. The van der Waals surface area contributed by atoms with Crippen molar-refractivity contribution in [3.63, 3.8) is 0 Å². The molecule has 0 spiro atoms. The fraction of sp³-hybridized carbons (Fsp3) is 0.364. The van der Waals surface area contributed by atoms with Gasteiger partial charge in [0.05, 0.1) is 6.10 Å². The molecule has 1 aromatic carbocycles.